The number of benzene rings is 1. The topological polar surface area (TPSA) is 17.0 Å². The quantitative estimate of drug-likeness (QED) is 0.782. The van der Waals surface area contributed by atoms with Gasteiger partial charge in [-0.15, -0.1) is 0 Å². The van der Waals surface area contributed by atoms with E-state index in [1.54, 1.807) is 0 Å². The summed E-state index contributed by atoms with van der Waals surface area (Å²) in [7, 11) is 2.07. The van der Waals surface area contributed by atoms with Crippen LogP contribution in [0.15, 0.2) is 24.4 Å². The summed E-state index contributed by atoms with van der Waals surface area (Å²) in [6.07, 6.45) is 3.44. The monoisotopic (exact) mass is 220 g/mol. The molecule has 1 fully saturated rings. The first kappa shape index (κ1) is 9.25. The Bertz CT molecular complexity index is 512. The Kier molecular flexibility index (Phi) is 2.01. The molecule has 1 aliphatic rings. The van der Waals surface area contributed by atoms with E-state index in [4.69, 9.17) is 11.6 Å². The summed E-state index contributed by atoms with van der Waals surface area (Å²) >= 11 is 6.00. The Labute approximate surface area is 93.8 Å². The molecule has 2 nitrogen and oxygen atoms in total. The summed E-state index contributed by atoms with van der Waals surface area (Å²) < 4.78 is 2.15. The number of nitrogens with one attached hydrogen (secondary N) is 1. The molecule has 0 bridgehead atoms. The van der Waals surface area contributed by atoms with Crippen molar-refractivity contribution in [3.63, 3.8) is 0 Å². The van der Waals surface area contributed by atoms with Gasteiger partial charge in [-0.05, 0) is 30.7 Å². The Morgan fingerprint density at radius 2 is 2.27 bits per heavy atom. The van der Waals surface area contributed by atoms with Gasteiger partial charge >= 0.3 is 0 Å². The van der Waals surface area contributed by atoms with Gasteiger partial charge in [0.2, 0.25) is 0 Å². The van der Waals surface area contributed by atoms with Gasteiger partial charge in [0.05, 0.1) is 0 Å². The Balaban J connectivity index is 2.22. The normalized spacial score (nSPS) is 20.5. The van der Waals surface area contributed by atoms with Gasteiger partial charge in [0, 0.05) is 35.2 Å². The number of rotatable bonds is 1. The molecule has 0 radical (unpaired) electrons. The molecule has 1 atom stereocenters. The van der Waals surface area contributed by atoms with Gasteiger partial charge in [-0.25, -0.2) is 0 Å². The third-order valence-electron chi connectivity index (χ3n) is 3.18. The first-order valence-electron chi connectivity index (χ1n) is 5.23. The van der Waals surface area contributed by atoms with E-state index < -0.39 is 0 Å². The van der Waals surface area contributed by atoms with E-state index in [9.17, 15) is 0 Å². The van der Waals surface area contributed by atoms with Crippen LogP contribution in [-0.4, -0.2) is 11.1 Å². The molecule has 0 spiro atoms. The second-order valence-corrected chi connectivity index (χ2v) is 4.59. The van der Waals surface area contributed by atoms with Crippen molar-refractivity contribution >= 4 is 22.5 Å². The van der Waals surface area contributed by atoms with Crippen molar-refractivity contribution < 1.29 is 0 Å². The van der Waals surface area contributed by atoms with Gasteiger partial charge in [-0.1, -0.05) is 17.7 Å². The highest BCUT2D eigenvalue weighted by atomic mass is 35.5. The number of halogens is 1. The zero-order chi connectivity index (χ0) is 10.4. The molecule has 1 saturated heterocycles. The molecule has 3 heteroatoms. The Morgan fingerprint density at radius 1 is 1.47 bits per heavy atom. The van der Waals surface area contributed by atoms with Gasteiger partial charge in [0.25, 0.3) is 0 Å². The van der Waals surface area contributed by atoms with Gasteiger partial charge < -0.3 is 9.88 Å². The fourth-order valence-corrected chi connectivity index (χ4v) is 2.39. The van der Waals surface area contributed by atoms with Crippen LogP contribution in [0, 0.1) is 0 Å². The number of nitrogens with zero attached hydrogens (tertiary/aromatic N) is 1. The van der Waals surface area contributed by atoms with Crippen molar-refractivity contribution in [2.75, 3.05) is 6.54 Å². The van der Waals surface area contributed by atoms with E-state index in [-0.39, 0.29) is 0 Å². The van der Waals surface area contributed by atoms with Crippen molar-refractivity contribution in [3.8, 4) is 0 Å². The molecule has 1 aromatic heterocycles. The van der Waals surface area contributed by atoms with E-state index in [0.29, 0.717) is 6.04 Å². The standard InChI is InChI=1S/C12H13ClN2/c1-15-7-10(11-4-5-14-11)9-3-2-8(13)6-12(9)15/h2-3,6-7,11,14H,4-5H2,1H3. The minimum absolute atomic E-state index is 0.537. The van der Waals surface area contributed by atoms with E-state index in [1.807, 2.05) is 12.1 Å². The first-order chi connectivity index (χ1) is 7.25. The maximum atomic E-state index is 6.00. The molecule has 2 aromatic rings. The fourth-order valence-electron chi connectivity index (χ4n) is 2.22. The van der Waals surface area contributed by atoms with Crippen LogP contribution < -0.4 is 5.32 Å². The van der Waals surface area contributed by atoms with Crippen LogP contribution in [0.3, 0.4) is 0 Å². The lowest BCUT2D eigenvalue weighted by atomic mass is 9.98. The molecular formula is C12H13ClN2. The van der Waals surface area contributed by atoms with Crippen molar-refractivity contribution in [1.29, 1.82) is 0 Å². The summed E-state index contributed by atoms with van der Waals surface area (Å²) in [5.74, 6) is 0. The molecule has 2 heterocycles. The summed E-state index contributed by atoms with van der Waals surface area (Å²) in [5, 5.41) is 5.56. The van der Waals surface area contributed by atoms with Crippen LogP contribution in [-0.2, 0) is 7.05 Å². The third-order valence-corrected chi connectivity index (χ3v) is 3.42. The van der Waals surface area contributed by atoms with Gasteiger partial charge in [0.1, 0.15) is 0 Å². The molecular weight excluding hydrogens is 208 g/mol. The van der Waals surface area contributed by atoms with E-state index in [0.717, 1.165) is 11.6 Å². The maximum absolute atomic E-state index is 6.00. The van der Waals surface area contributed by atoms with E-state index in [1.165, 1.54) is 22.9 Å². The molecule has 1 aliphatic heterocycles. The van der Waals surface area contributed by atoms with Gasteiger partial charge in [0.15, 0.2) is 0 Å². The molecule has 1 N–H and O–H groups in total. The number of hydrogen-bond acceptors (Lipinski definition) is 1. The highest BCUT2D eigenvalue weighted by molar-refractivity contribution is 6.31. The predicted molar refractivity (Wildman–Crippen MR) is 63.3 cm³/mol. The fraction of sp³-hybridized carbons (Fsp3) is 0.333. The molecule has 78 valence electrons. The van der Waals surface area contributed by atoms with E-state index in [2.05, 4.69) is 29.2 Å². The summed E-state index contributed by atoms with van der Waals surface area (Å²) in [6, 6.07) is 6.65. The number of fused-ring (bicyclic) bond motifs is 1. The van der Waals surface area contributed by atoms with Crippen LogP contribution in [0.4, 0.5) is 0 Å². The summed E-state index contributed by atoms with van der Waals surface area (Å²) in [6.45, 7) is 1.13. The third kappa shape index (κ3) is 1.36. The van der Waals surface area contributed by atoms with Crippen molar-refractivity contribution in [2.24, 2.45) is 7.05 Å². The van der Waals surface area contributed by atoms with Crippen molar-refractivity contribution in [3.05, 3.63) is 35.0 Å². The second kappa shape index (κ2) is 3.26. The van der Waals surface area contributed by atoms with Gasteiger partial charge in [-0.3, -0.25) is 0 Å². The van der Waals surface area contributed by atoms with Crippen molar-refractivity contribution in [2.45, 2.75) is 12.5 Å². The lowest BCUT2D eigenvalue weighted by molar-refractivity contribution is 0.385. The summed E-state index contributed by atoms with van der Waals surface area (Å²) in [4.78, 5) is 0. The van der Waals surface area contributed by atoms with Crippen LogP contribution >= 0.6 is 11.6 Å². The van der Waals surface area contributed by atoms with Crippen LogP contribution in [0.1, 0.15) is 18.0 Å². The molecule has 1 aromatic carbocycles. The maximum Gasteiger partial charge on any atom is 0.0496 e. The lowest BCUT2D eigenvalue weighted by Crippen LogP contribution is -2.34. The number of aryl methyl sites for hydroxylation is 1. The summed E-state index contributed by atoms with van der Waals surface area (Å²) in [5.41, 5.74) is 2.61. The second-order valence-electron chi connectivity index (χ2n) is 4.15. The zero-order valence-corrected chi connectivity index (χ0v) is 9.38. The minimum atomic E-state index is 0.537. The number of hydrogen-bond donors (Lipinski definition) is 1. The Hall–Kier alpha value is -0.990. The van der Waals surface area contributed by atoms with Crippen LogP contribution in [0.5, 0.6) is 0 Å². The first-order valence-corrected chi connectivity index (χ1v) is 5.61. The van der Waals surface area contributed by atoms with E-state index >= 15 is 0 Å². The molecule has 15 heavy (non-hydrogen) atoms. The minimum Gasteiger partial charge on any atom is -0.350 e. The average molecular weight is 221 g/mol. The van der Waals surface area contributed by atoms with Crippen LogP contribution in [0.2, 0.25) is 5.02 Å². The molecule has 3 rings (SSSR count). The number of aromatic nitrogens is 1. The Morgan fingerprint density at radius 3 is 2.93 bits per heavy atom. The SMILES string of the molecule is Cn1cc(C2CCN2)c2ccc(Cl)cc21. The van der Waals surface area contributed by atoms with Gasteiger partial charge in [-0.2, -0.15) is 0 Å². The predicted octanol–water partition coefficient (Wildman–Crippen LogP) is 2.87. The molecule has 0 amide bonds. The largest absolute Gasteiger partial charge is 0.350 e. The highest BCUT2D eigenvalue weighted by Gasteiger charge is 2.22. The lowest BCUT2D eigenvalue weighted by Gasteiger charge is -2.27. The molecule has 1 unspecified atom stereocenters. The molecule has 0 aliphatic carbocycles. The highest BCUT2D eigenvalue weighted by Crippen LogP contribution is 2.32. The van der Waals surface area contributed by atoms with Crippen LogP contribution in [0.25, 0.3) is 10.9 Å². The molecule has 0 saturated carbocycles. The zero-order valence-electron chi connectivity index (χ0n) is 8.63. The smallest absolute Gasteiger partial charge is 0.0496 e. The average Bonchev–Trinajstić information content (AvgIpc) is 2.41. The van der Waals surface area contributed by atoms with Crippen molar-refractivity contribution in [1.82, 2.24) is 9.88 Å².